The molecule has 0 radical (unpaired) electrons. The van der Waals surface area contributed by atoms with Crippen LogP contribution < -0.4 is 5.32 Å². The Hall–Kier alpha value is -1.89. The molecular weight excluding hydrogens is 292 g/mol. The Morgan fingerprint density at radius 1 is 1.24 bits per heavy atom. The van der Waals surface area contributed by atoms with E-state index in [9.17, 15) is 14.4 Å². The first-order valence-corrected chi connectivity index (χ1v) is 7.82. The highest BCUT2D eigenvalue weighted by atomic mass is 32.1. The molecule has 1 atom stereocenters. The molecule has 0 spiro atoms. The van der Waals surface area contributed by atoms with E-state index in [0.29, 0.717) is 29.3 Å². The summed E-state index contributed by atoms with van der Waals surface area (Å²) in [5.74, 6) is -1.11. The number of nitrogens with one attached hydrogen (secondary N) is 1. The molecule has 2 amide bonds. The number of rotatable bonds is 4. The lowest BCUT2D eigenvalue weighted by Gasteiger charge is -2.20. The summed E-state index contributed by atoms with van der Waals surface area (Å²) >= 11 is 1.20. The van der Waals surface area contributed by atoms with Gasteiger partial charge in [-0.3, -0.25) is 9.59 Å². The zero-order chi connectivity index (χ0) is 15.0. The first kappa shape index (κ1) is 14.1. The van der Waals surface area contributed by atoms with E-state index < -0.39 is 12.0 Å². The maximum atomic E-state index is 12.4. The monoisotopic (exact) mass is 308 g/mol. The lowest BCUT2D eigenvalue weighted by molar-refractivity contribution is -0.141. The first-order valence-electron chi connectivity index (χ1n) is 7.01. The summed E-state index contributed by atoms with van der Waals surface area (Å²) in [6, 6.07) is 2.61. The molecule has 1 saturated heterocycles. The van der Waals surface area contributed by atoms with Crippen LogP contribution in [-0.2, 0) is 9.59 Å². The van der Waals surface area contributed by atoms with Crippen LogP contribution >= 0.6 is 11.3 Å². The van der Waals surface area contributed by atoms with Gasteiger partial charge in [0.15, 0.2) is 0 Å². The molecule has 2 fully saturated rings. The summed E-state index contributed by atoms with van der Waals surface area (Å²) in [5.41, 5.74) is 0. The minimum absolute atomic E-state index is 0.000402. The highest BCUT2D eigenvalue weighted by Crippen LogP contribution is 2.32. The second kappa shape index (κ2) is 5.48. The van der Waals surface area contributed by atoms with Gasteiger partial charge in [0.05, 0.1) is 9.88 Å². The maximum Gasteiger partial charge on any atom is 0.326 e. The van der Waals surface area contributed by atoms with Crippen LogP contribution in [0.4, 0.5) is 5.00 Å². The molecule has 1 aliphatic heterocycles. The van der Waals surface area contributed by atoms with Crippen molar-refractivity contribution in [1.82, 2.24) is 4.90 Å². The number of hydrogen-bond acceptors (Lipinski definition) is 4. The van der Waals surface area contributed by atoms with E-state index in [1.54, 1.807) is 12.1 Å². The zero-order valence-corrected chi connectivity index (χ0v) is 12.2. The zero-order valence-electron chi connectivity index (χ0n) is 11.4. The molecule has 1 saturated carbocycles. The number of carbonyl (C=O) groups is 3. The number of thiophene rings is 1. The molecule has 0 bridgehead atoms. The molecule has 6 nitrogen and oxygen atoms in total. The summed E-state index contributed by atoms with van der Waals surface area (Å²) in [6.45, 7) is 0.470. The van der Waals surface area contributed by atoms with Gasteiger partial charge in [-0.15, -0.1) is 11.3 Å². The van der Waals surface area contributed by atoms with Crippen LogP contribution in [0, 0.1) is 5.92 Å². The number of carboxylic acid groups (broad SMARTS) is 1. The number of carboxylic acids is 1. The molecule has 2 aliphatic rings. The highest BCUT2D eigenvalue weighted by Gasteiger charge is 2.35. The molecular formula is C14H16N2O4S. The van der Waals surface area contributed by atoms with Crippen molar-refractivity contribution in [2.24, 2.45) is 5.92 Å². The minimum atomic E-state index is -0.959. The normalized spacial score (nSPS) is 21.3. The van der Waals surface area contributed by atoms with Crippen LogP contribution in [0.2, 0.25) is 0 Å². The molecule has 2 heterocycles. The third-order valence-corrected chi connectivity index (χ3v) is 4.80. The average Bonchev–Trinajstić information content (AvgIpc) is 3.00. The lowest BCUT2D eigenvalue weighted by Crippen LogP contribution is -2.40. The van der Waals surface area contributed by atoms with E-state index in [-0.39, 0.29) is 17.7 Å². The van der Waals surface area contributed by atoms with Crippen LogP contribution in [0.1, 0.15) is 35.4 Å². The average molecular weight is 308 g/mol. The summed E-state index contributed by atoms with van der Waals surface area (Å²) in [7, 11) is 0. The summed E-state index contributed by atoms with van der Waals surface area (Å²) in [4.78, 5) is 37.0. The molecule has 2 N–H and O–H groups in total. The number of anilines is 1. The van der Waals surface area contributed by atoms with E-state index in [0.717, 1.165) is 12.8 Å². The van der Waals surface area contributed by atoms with Crippen LogP contribution in [0.25, 0.3) is 0 Å². The van der Waals surface area contributed by atoms with Crippen LogP contribution in [0.5, 0.6) is 0 Å². The van der Waals surface area contributed by atoms with Crippen molar-refractivity contribution in [2.75, 3.05) is 11.9 Å². The Bertz CT molecular complexity index is 594. The van der Waals surface area contributed by atoms with Gasteiger partial charge in [-0.05, 0) is 37.8 Å². The summed E-state index contributed by atoms with van der Waals surface area (Å²) in [6.07, 6.45) is 3.06. The smallest absolute Gasteiger partial charge is 0.326 e. The van der Waals surface area contributed by atoms with Crippen molar-refractivity contribution in [1.29, 1.82) is 0 Å². The molecule has 1 aromatic rings. The SMILES string of the molecule is O=C(Nc1ccc(C(=O)N2CCC[C@H]2C(=O)O)s1)C1CC1. The minimum Gasteiger partial charge on any atom is -0.480 e. The third-order valence-electron chi connectivity index (χ3n) is 3.81. The highest BCUT2D eigenvalue weighted by molar-refractivity contribution is 7.18. The number of hydrogen-bond donors (Lipinski definition) is 2. The fourth-order valence-corrected chi connectivity index (χ4v) is 3.36. The van der Waals surface area contributed by atoms with Gasteiger partial charge in [0.1, 0.15) is 6.04 Å². The molecule has 112 valence electrons. The predicted molar refractivity (Wildman–Crippen MR) is 77.4 cm³/mol. The van der Waals surface area contributed by atoms with Crippen molar-refractivity contribution in [3.8, 4) is 0 Å². The van der Waals surface area contributed by atoms with E-state index in [1.807, 2.05) is 0 Å². The van der Waals surface area contributed by atoms with Gasteiger partial charge in [0, 0.05) is 12.5 Å². The van der Waals surface area contributed by atoms with Crippen LogP contribution in [0.3, 0.4) is 0 Å². The largest absolute Gasteiger partial charge is 0.480 e. The summed E-state index contributed by atoms with van der Waals surface area (Å²) in [5, 5.41) is 12.6. The van der Waals surface area contributed by atoms with Crippen molar-refractivity contribution in [3.63, 3.8) is 0 Å². The maximum absolute atomic E-state index is 12.4. The lowest BCUT2D eigenvalue weighted by atomic mass is 10.2. The number of amides is 2. The number of carbonyl (C=O) groups excluding carboxylic acids is 2. The molecule has 7 heteroatoms. The van der Waals surface area contributed by atoms with Gasteiger partial charge in [-0.25, -0.2) is 4.79 Å². The Morgan fingerprint density at radius 2 is 2.00 bits per heavy atom. The quantitative estimate of drug-likeness (QED) is 0.887. The van der Waals surface area contributed by atoms with E-state index in [2.05, 4.69) is 5.32 Å². The van der Waals surface area contributed by atoms with E-state index in [1.165, 1.54) is 16.2 Å². The predicted octanol–water partition coefficient (Wildman–Crippen LogP) is 1.79. The summed E-state index contributed by atoms with van der Waals surface area (Å²) < 4.78 is 0. The Balaban J connectivity index is 1.68. The molecule has 0 aromatic carbocycles. The fraction of sp³-hybridized carbons (Fsp3) is 0.500. The van der Waals surface area contributed by atoms with Crippen LogP contribution in [-0.4, -0.2) is 40.4 Å². The Kier molecular flexibility index (Phi) is 3.67. The standard InChI is InChI=1S/C14H16N2O4S/c17-12(8-3-4-8)15-11-6-5-10(21-11)13(18)16-7-1-2-9(16)14(19)20/h5-6,8-9H,1-4,7H2,(H,15,17)(H,19,20)/t9-/m0/s1. The second-order valence-corrected chi connectivity index (χ2v) is 6.51. The van der Waals surface area contributed by atoms with E-state index >= 15 is 0 Å². The van der Waals surface area contributed by atoms with Gasteiger partial charge in [0.2, 0.25) is 5.91 Å². The van der Waals surface area contributed by atoms with E-state index in [4.69, 9.17) is 5.11 Å². The third kappa shape index (κ3) is 2.92. The molecule has 0 unspecified atom stereocenters. The van der Waals surface area contributed by atoms with Gasteiger partial charge in [-0.2, -0.15) is 0 Å². The number of aliphatic carboxylic acids is 1. The topological polar surface area (TPSA) is 86.7 Å². The first-order chi connectivity index (χ1) is 10.1. The Labute approximate surface area is 125 Å². The van der Waals surface area contributed by atoms with Gasteiger partial charge in [0.25, 0.3) is 5.91 Å². The molecule has 1 aliphatic carbocycles. The van der Waals surface area contributed by atoms with Crippen molar-refractivity contribution in [2.45, 2.75) is 31.7 Å². The van der Waals surface area contributed by atoms with Gasteiger partial charge >= 0.3 is 5.97 Å². The van der Waals surface area contributed by atoms with Crippen molar-refractivity contribution < 1.29 is 19.5 Å². The number of nitrogens with zero attached hydrogens (tertiary/aromatic N) is 1. The van der Waals surface area contributed by atoms with Crippen LogP contribution in [0.15, 0.2) is 12.1 Å². The molecule has 3 rings (SSSR count). The Morgan fingerprint density at radius 3 is 2.67 bits per heavy atom. The van der Waals surface area contributed by atoms with Gasteiger partial charge in [-0.1, -0.05) is 0 Å². The number of likely N-dealkylation sites (tertiary alicyclic amines) is 1. The second-order valence-electron chi connectivity index (χ2n) is 5.42. The van der Waals surface area contributed by atoms with Crippen molar-refractivity contribution >= 4 is 34.1 Å². The van der Waals surface area contributed by atoms with Gasteiger partial charge < -0.3 is 15.3 Å². The fourth-order valence-electron chi connectivity index (χ4n) is 2.50. The van der Waals surface area contributed by atoms with Crippen molar-refractivity contribution in [3.05, 3.63) is 17.0 Å². The molecule has 1 aromatic heterocycles. The molecule has 21 heavy (non-hydrogen) atoms.